The third kappa shape index (κ3) is 5.52. The number of carboxylic acids is 1. The maximum Gasteiger partial charge on any atom is 0.335 e. The van der Waals surface area contributed by atoms with Crippen LogP contribution in [0.4, 0.5) is 11.4 Å². The van der Waals surface area contributed by atoms with Gasteiger partial charge in [0.15, 0.2) is 5.11 Å². The van der Waals surface area contributed by atoms with E-state index in [1.54, 1.807) is 36.5 Å². The van der Waals surface area contributed by atoms with E-state index in [4.69, 9.17) is 44.6 Å². The molecule has 1 aliphatic heterocycles. The number of halogens is 2. The highest BCUT2D eigenvalue weighted by molar-refractivity contribution is 7.80. The van der Waals surface area contributed by atoms with Gasteiger partial charge in [0.1, 0.15) is 24.2 Å². The number of thiocarbonyl (C=S) groups is 1. The van der Waals surface area contributed by atoms with Crippen LogP contribution in [0.5, 0.6) is 0 Å². The standard InChI is InChI=1S/C28H22Cl2N4O5S/c1-38-14-24(35)32-20-8-6-16(13-19(20)30)34-26(25(33-28(34)40)21-4-2-3-11-31-21)23-10-9-22(39-23)17-12-15(27(36)37)5-7-18(17)29/h2-13,25-26H,14H2,1H3,(H,32,35)(H,33,40)(H,36,37)/t25-,26-/m0/s1. The van der Waals surface area contributed by atoms with E-state index in [-0.39, 0.29) is 18.1 Å². The number of benzene rings is 2. The van der Waals surface area contributed by atoms with E-state index < -0.39 is 18.1 Å². The van der Waals surface area contributed by atoms with Crippen molar-refractivity contribution in [2.24, 2.45) is 0 Å². The minimum absolute atomic E-state index is 0.0846. The molecular weight excluding hydrogens is 575 g/mol. The topological polar surface area (TPSA) is 117 Å². The first kappa shape index (κ1) is 27.6. The molecule has 0 saturated carbocycles. The summed E-state index contributed by atoms with van der Waals surface area (Å²) in [7, 11) is 1.43. The zero-order valence-corrected chi connectivity index (χ0v) is 23.3. The van der Waals surface area contributed by atoms with Gasteiger partial charge in [-0.15, -0.1) is 0 Å². The number of carbonyl (C=O) groups is 2. The molecule has 9 nitrogen and oxygen atoms in total. The Morgan fingerprint density at radius 2 is 1.95 bits per heavy atom. The summed E-state index contributed by atoms with van der Waals surface area (Å²) in [4.78, 5) is 29.9. The molecule has 0 spiro atoms. The number of hydrogen-bond donors (Lipinski definition) is 3. The number of ether oxygens (including phenoxy) is 1. The fraction of sp³-hybridized carbons (Fsp3) is 0.143. The quantitative estimate of drug-likeness (QED) is 0.207. The predicted octanol–water partition coefficient (Wildman–Crippen LogP) is 6.11. The summed E-state index contributed by atoms with van der Waals surface area (Å²) in [5.74, 6) is -0.481. The van der Waals surface area contributed by atoms with Gasteiger partial charge in [-0.25, -0.2) is 4.79 Å². The van der Waals surface area contributed by atoms with Gasteiger partial charge in [-0.3, -0.25) is 9.78 Å². The summed E-state index contributed by atoms with van der Waals surface area (Å²) < 4.78 is 11.2. The molecule has 2 aromatic heterocycles. The normalized spacial score (nSPS) is 16.6. The van der Waals surface area contributed by atoms with Crippen LogP contribution in [0.25, 0.3) is 11.3 Å². The molecule has 12 heteroatoms. The van der Waals surface area contributed by atoms with Gasteiger partial charge in [0.25, 0.3) is 0 Å². The van der Waals surface area contributed by atoms with Crippen LogP contribution in [0.2, 0.25) is 10.0 Å². The number of anilines is 2. The van der Waals surface area contributed by atoms with E-state index in [2.05, 4.69) is 15.6 Å². The predicted molar refractivity (Wildman–Crippen MR) is 156 cm³/mol. The van der Waals surface area contributed by atoms with E-state index in [1.165, 1.54) is 25.3 Å². The smallest absolute Gasteiger partial charge is 0.335 e. The SMILES string of the molecule is COCC(=O)Nc1ccc(N2C(=S)N[C@@H](c3ccccn3)[C@@H]2c2ccc(-c3cc(C(=O)O)ccc3Cl)o2)cc1Cl. The lowest BCUT2D eigenvalue weighted by molar-refractivity contribution is -0.119. The third-order valence-corrected chi connectivity index (χ3v) is 7.23. The van der Waals surface area contributed by atoms with Crippen molar-refractivity contribution in [1.29, 1.82) is 0 Å². The lowest BCUT2D eigenvalue weighted by Gasteiger charge is -2.26. The second-order valence-corrected chi connectivity index (χ2v) is 10.0. The third-order valence-electron chi connectivity index (χ3n) is 6.28. The summed E-state index contributed by atoms with van der Waals surface area (Å²) in [5.41, 5.74) is 2.34. The second-order valence-electron chi connectivity index (χ2n) is 8.84. The van der Waals surface area contributed by atoms with Crippen LogP contribution in [0.3, 0.4) is 0 Å². The van der Waals surface area contributed by atoms with Gasteiger partial charge in [-0.05, 0) is 72.9 Å². The highest BCUT2D eigenvalue weighted by atomic mass is 35.5. The number of aromatic nitrogens is 1. The van der Waals surface area contributed by atoms with Crippen molar-refractivity contribution in [2.45, 2.75) is 12.1 Å². The van der Waals surface area contributed by atoms with Crippen LogP contribution < -0.4 is 15.5 Å². The number of amides is 1. The summed E-state index contributed by atoms with van der Waals surface area (Å²) in [6.07, 6.45) is 1.69. The molecule has 4 aromatic rings. The Morgan fingerprint density at radius 3 is 2.65 bits per heavy atom. The number of nitrogens with zero attached hydrogens (tertiary/aromatic N) is 2. The fourth-order valence-electron chi connectivity index (χ4n) is 4.50. The Bertz CT molecular complexity index is 1600. The van der Waals surface area contributed by atoms with Crippen LogP contribution in [0.1, 0.15) is 33.9 Å². The van der Waals surface area contributed by atoms with Gasteiger partial charge in [-0.2, -0.15) is 0 Å². The van der Waals surface area contributed by atoms with Gasteiger partial charge >= 0.3 is 5.97 Å². The number of aromatic carboxylic acids is 1. The van der Waals surface area contributed by atoms with Gasteiger partial charge in [0, 0.05) is 24.6 Å². The van der Waals surface area contributed by atoms with E-state index in [1.807, 2.05) is 23.1 Å². The fourth-order valence-corrected chi connectivity index (χ4v) is 5.28. The Kier molecular flexibility index (Phi) is 8.04. The van der Waals surface area contributed by atoms with Gasteiger partial charge < -0.3 is 29.8 Å². The number of carbonyl (C=O) groups excluding carboxylic acids is 1. The first-order valence-electron chi connectivity index (χ1n) is 12.0. The van der Waals surface area contributed by atoms with Gasteiger partial charge in [0.05, 0.1) is 33.0 Å². The number of carboxylic acid groups (broad SMARTS) is 1. The molecule has 3 N–H and O–H groups in total. The minimum atomic E-state index is -1.07. The molecule has 5 rings (SSSR count). The van der Waals surface area contributed by atoms with Gasteiger partial charge in [0.2, 0.25) is 5.91 Å². The highest BCUT2D eigenvalue weighted by Crippen LogP contribution is 2.44. The Hall–Kier alpha value is -3.96. The number of furan rings is 1. The van der Waals surface area contributed by atoms with E-state index in [0.29, 0.717) is 43.6 Å². The van der Waals surface area contributed by atoms with Crippen molar-refractivity contribution in [2.75, 3.05) is 23.9 Å². The van der Waals surface area contributed by atoms with Gasteiger partial charge in [-0.1, -0.05) is 29.3 Å². The molecule has 0 aliphatic carbocycles. The van der Waals surface area contributed by atoms with Crippen molar-refractivity contribution in [3.05, 3.63) is 100.0 Å². The number of pyridine rings is 1. The number of nitrogens with one attached hydrogen (secondary N) is 2. The van der Waals surface area contributed by atoms with Crippen molar-refractivity contribution >= 4 is 63.8 Å². The summed E-state index contributed by atoms with van der Waals surface area (Å²) >= 11 is 18.7. The van der Waals surface area contributed by atoms with E-state index in [0.717, 1.165) is 5.69 Å². The maximum atomic E-state index is 12.0. The highest BCUT2D eigenvalue weighted by Gasteiger charge is 2.42. The first-order chi connectivity index (χ1) is 19.3. The molecule has 204 valence electrons. The molecule has 1 saturated heterocycles. The van der Waals surface area contributed by atoms with Crippen molar-refractivity contribution in [1.82, 2.24) is 10.3 Å². The summed E-state index contributed by atoms with van der Waals surface area (Å²) in [6, 6.07) is 17.8. The molecule has 2 atom stereocenters. The molecule has 40 heavy (non-hydrogen) atoms. The second kappa shape index (κ2) is 11.6. The zero-order valence-electron chi connectivity index (χ0n) is 20.9. The molecule has 0 bridgehead atoms. The van der Waals surface area contributed by atoms with E-state index >= 15 is 0 Å². The first-order valence-corrected chi connectivity index (χ1v) is 13.1. The molecule has 2 aromatic carbocycles. The van der Waals surface area contributed by atoms with Crippen LogP contribution >= 0.6 is 35.4 Å². The molecular formula is C28H22Cl2N4O5S. The molecule has 0 radical (unpaired) electrons. The van der Waals surface area contributed by atoms with Crippen LogP contribution in [0, 0.1) is 0 Å². The van der Waals surface area contributed by atoms with Crippen LogP contribution in [-0.2, 0) is 9.53 Å². The number of rotatable bonds is 8. The van der Waals surface area contributed by atoms with Crippen molar-refractivity contribution < 1.29 is 23.8 Å². The molecule has 0 unspecified atom stereocenters. The lowest BCUT2D eigenvalue weighted by Crippen LogP contribution is -2.29. The largest absolute Gasteiger partial charge is 0.478 e. The minimum Gasteiger partial charge on any atom is -0.478 e. The Morgan fingerprint density at radius 1 is 1.12 bits per heavy atom. The summed E-state index contributed by atoms with van der Waals surface area (Å²) in [6.45, 7) is -0.105. The van der Waals surface area contributed by atoms with E-state index in [9.17, 15) is 14.7 Å². The molecule has 1 amide bonds. The average molecular weight is 597 g/mol. The monoisotopic (exact) mass is 596 g/mol. The Balaban J connectivity index is 1.56. The summed E-state index contributed by atoms with van der Waals surface area (Å²) in [5, 5.41) is 16.6. The number of hydrogen-bond acceptors (Lipinski definition) is 6. The average Bonchev–Trinajstić information content (AvgIpc) is 3.55. The Labute approximate surface area is 244 Å². The van der Waals surface area contributed by atoms with Crippen molar-refractivity contribution in [3.63, 3.8) is 0 Å². The molecule has 1 aliphatic rings. The number of methoxy groups -OCH3 is 1. The zero-order chi connectivity index (χ0) is 28.4. The van der Waals surface area contributed by atoms with Crippen molar-refractivity contribution in [3.8, 4) is 11.3 Å². The van der Waals surface area contributed by atoms with Crippen LogP contribution in [-0.4, -0.2) is 40.8 Å². The maximum absolute atomic E-state index is 12.0. The lowest BCUT2D eigenvalue weighted by atomic mass is 10.0. The van der Waals surface area contributed by atoms with Crippen LogP contribution in [0.15, 0.2) is 77.3 Å². The molecule has 1 fully saturated rings. The molecule has 3 heterocycles.